The molecule has 0 aliphatic carbocycles. The van der Waals surface area contributed by atoms with E-state index in [-0.39, 0.29) is 12.3 Å². The van der Waals surface area contributed by atoms with E-state index >= 15 is 0 Å². The van der Waals surface area contributed by atoms with Crippen LogP contribution in [0.1, 0.15) is 11.7 Å². The minimum absolute atomic E-state index is 0.171. The van der Waals surface area contributed by atoms with Crippen LogP contribution in [0.15, 0.2) is 41.5 Å². The van der Waals surface area contributed by atoms with Gasteiger partial charge in [-0.25, -0.2) is 0 Å². The van der Waals surface area contributed by atoms with E-state index in [9.17, 15) is 15.3 Å². The summed E-state index contributed by atoms with van der Waals surface area (Å²) in [5.41, 5.74) is 8.70. The molecular formula is C13H13N3O3. The summed E-state index contributed by atoms with van der Waals surface area (Å²) in [5.74, 6) is 0.171. The van der Waals surface area contributed by atoms with Gasteiger partial charge in [0.1, 0.15) is 11.9 Å². The monoisotopic (exact) mass is 259 g/mol. The Hall–Kier alpha value is -2.27. The van der Waals surface area contributed by atoms with Gasteiger partial charge in [0.05, 0.1) is 12.6 Å². The molecule has 0 heterocycles. The van der Waals surface area contributed by atoms with Crippen molar-refractivity contribution in [2.75, 3.05) is 6.54 Å². The summed E-state index contributed by atoms with van der Waals surface area (Å²) in [6.07, 6.45) is -2.27. The van der Waals surface area contributed by atoms with Crippen LogP contribution in [0.25, 0.3) is 21.2 Å². The SMILES string of the molecule is [N-]=[N+]=NCC(O)C(O)c1ccc2cc(O)ccc2c1. The molecule has 3 N–H and O–H groups in total. The van der Waals surface area contributed by atoms with Gasteiger partial charge in [-0.2, -0.15) is 0 Å². The maximum absolute atomic E-state index is 9.95. The second-order valence-electron chi connectivity index (χ2n) is 4.22. The van der Waals surface area contributed by atoms with Gasteiger partial charge >= 0.3 is 0 Å². The van der Waals surface area contributed by atoms with Crippen LogP contribution in [-0.4, -0.2) is 28.0 Å². The van der Waals surface area contributed by atoms with E-state index in [1.165, 1.54) is 0 Å². The topological polar surface area (TPSA) is 109 Å². The molecule has 6 nitrogen and oxygen atoms in total. The number of rotatable bonds is 4. The lowest BCUT2D eigenvalue weighted by molar-refractivity contribution is 0.0245. The minimum atomic E-state index is -1.15. The van der Waals surface area contributed by atoms with Crippen molar-refractivity contribution in [1.82, 2.24) is 0 Å². The van der Waals surface area contributed by atoms with Crippen molar-refractivity contribution in [2.45, 2.75) is 12.2 Å². The summed E-state index contributed by atoms with van der Waals surface area (Å²) in [6, 6.07) is 10.0. The third kappa shape index (κ3) is 2.95. The lowest BCUT2D eigenvalue weighted by atomic mass is 10.0. The molecule has 0 saturated heterocycles. The number of hydrogen-bond donors (Lipinski definition) is 3. The molecule has 0 saturated carbocycles. The molecule has 0 aliphatic heterocycles. The van der Waals surface area contributed by atoms with E-state index in [1.807, 2.05) is 0 Å². The summed E-state index contributed by atoms with van der Waals surface area (Å²) in [6.45, 7) is -0.189. The van der Waals surface area contributed by atoms with Crippen LogP contribution in [0, 0.1) is 0 Å². The fourth-order valence-electron chi connectivity index (χ4n) is 1.88. The van der Waals surface area contributed by atoms with Crippen LogP contribution in [0.5, 0.6) is 5.75 Å². The fourth-order valence-corrected chi connectivity index (χ4v) is 1.88. The Labute approximate surface area is 109 Å². The first kappa shape index (κ1) is 13.2. The number of hydrogen-bond acceptors (Lipinski definition) is 4. The third-order valence-electron chi connectivity index (χ3n) is 2.89. The number of azide groups is 1. The van der Waals surface area contributed by atoms with E-state index in [1.54, 1.807) is 36.4 Å². The molecule has 0 amide bonds. The number of benzene rings is 2. The number of aliphatic hydroxyl groups excluding tert-OH is 2. The van der Waals surface area contributed by atoms with Gasteiger partial charge in [0.25, 0.3) is 0 Å². The average molecular weight is 259 g/mol. The van der Waals surface area contributed by atoms with Crippen molar-refractivity contribution in [1.29, 1.82) is 0 Å². The average Bonchev–Trinajstić information content (AvgIpc) is 2.43. The third-order valence-corrected chi connectivity index (χ3v) is 2.89. The maximum atomic E-state index is 9.95. The van der Waals surface area contributed by atoms with Gasteiger partial charge in [-0.1, -0.05) is 23.3 Å². The number of phenolic OH excluding ortho intramolecular Hbond substituents is 1. The smallest absolute Gasteiger partial charge is 0.116 e. The highest BCUT2D eigenvalue weighted by atomic mass is 16.3. The van der Waals surface area contributed by atoms with E-state index in [4.69, 9.17) is 5.53 Å². The fraction of sp³-hybridized carbons (Fsp3) is 0.231. The van der Waals surface area contributed by atoms with Gasteiger partial charge in [0.2, 0.25) is 0 Å². The molecule has 19 heavy (non-hydrogen) atoms. The van der Waals surface area contributed by atoms with Crippen molar-refractivity contribution in [3.05, 3.63) is 52.4 Å². The predicted octanol–water partition coefficient (Wildman–Crippen LogP) is 2.25. The highest BCUT2D eigenvalue weighted by Gasteiger charge is 2.17. The number of fused-ring (bicyclic) bond motifs is 1. The molecular weight excluding hydrogens is 246 g/mol. The van der Waals surface area contributed by atoms with Crippen LogP contribution in [-0.2, 0) is 0 Å². The van der Waals surface area contributed by atoms with Crippen molar-refractivity contribution in [3.63, 3.8) is 0 Å². The molecule has 2 unspecified atom stereocenters. The highest BCUT2D eigenvalue weighted by Crippen LogP contribution is 2.25. The molecule has 0 bridgehead atoms. The molecule has 6 heteroatoms. The number of nitrogens with zero attached hydrogens (tertiary/aromatic N) is 3. The van der Waals surface area contributed by atoms with E-state index < -0.39 is 12.2 Å². The number of aliphatic hydroxyl groups is 2. The molecule has 2 rings (SSSR count). The van der Waals surface area contributed by atoms with Crippen LogP contribution in [0.2, 0.25) is 0 Å². The van der Waals surface area contributed by atoms with E-state index in [0.717, 1.165) is 10.8 Å². The Kier molecular flexibility index (Phi) is 3.87. The molecule has 0 spiro atoms. The Balaban J connectivity index is 2.29. The normalized spacial score (nSPS) is 13.8. The largest absolute Gasteiger partial charge is 0.508 e. The molecule has 0 fully saturated rings. The molecule has 2 aromatic carbocycles. The molecule has 2 atom stereocenters. The number of aromatic hydroxyl groups is 1. The van der Waals surface area contributed by atoms with E-state index in [0.29, 0.717) is 5.56 Å². The first-order valence-electron chi connectivity index (χ1n) is 5.71. The van der Waals surface area contributed by atoms with Gasteiger partial charge in [0, 0.05) is 4.91 Å². The van der Waals surface area contributed by atoms with Crippen LogP contribution in [0.4, 0.5) is 0 Å². The second kappa shape index (κ2) is 5.58. The van der Waals surface area contributed by atoms with Crippen molar-refractivity contribution in [3.8, 4) is 5.75 Å². The zero-order valence-corrected chi connectivity index (χ0v) is 10.0. The van der Waals surface area contributed by atoms with Crippen LogP contribution in [0.3, 0.4) is 0 Å². The lowest BCUT2D eigenvalue weighted by Gasteiger charge is -2.16. The summed E-state index contributed by atoms with van der Waals surface area (Å²) in [7, 11) is 0. The van der Waals surface area contributed by atoms with Gasteiger partial charge in [-0.05, 0) is 40.1 Å². The van der Waals surface area contributed by atoms with Crippen molar-refractivity contribution in [2.24, 2.45) is 5.11 Å². The highest BCUT2D eigenvalue weighted by molar-refractivity contribution is 5.84. The predicted molar refractivity (Wildman–Crippen MR) is 70.6 cm³/mol. The van der Waals surface area contributed by atoms with Crippen LogP contribution < -0.4 is 0 Å². The Morgan fingerprint density at radius 2 is 1.79 bits per heavy atom. The Bertz CT molecular complexity index is 638. The van der Waals surface area contributed by atoms with Gasteiger partial charge < -0.3 is 15.3 Å². The van der Waals surface area contributed by atoms with Crippen molar-refractivity contribution >= 4 is 10.8 Å². The minimum Gasteiger partial charge on any atom is -0.508 e. The maximum Gasteiger partial charge on any atom is 0.116 e. The molecule has 0 aliphatic rings. The number of phenols is 1. The van der Waals surface area contributed by atoms with E-state index in [2.05, 4.69) is 10.0 Å². The summed E-state index contributed by atoms with van der Waals surface area (Å²) in [4.78, 5) is 2.54. The van der Waals surface area contributed by atoms with Gasteiger partial charge in [0.15, 0.2) is 0 Å². The standard InChI is InChI=1S/C13H13N3O3/c14-16-15-7-12(18)13(19)10-2-1-9-6-11(17)4-3-8(9)5-10/h1-6,12-13,17-19H,7H2. The summed E-state index contributed by atoms with van der Waals surface area (Å²) < 4.78 is 0. The zero-order valence-electron chi connectivity index (χ0n) is 10.0. The Morgan fingerprint density at radius 1 is 1.11 bits per heavy atom. The van der Waals surface area contributed by atoms with Gasteiger partial charge in [-0.3, -0.25) is 0 Å². The molecule has 2 aromatic rings. The summed E-state index contributed by atoms with van der Waals surface area (Å²) >= 11 is 0. The quantitative estimate of drug-likeness (QED) is 0.445. The van der Waals surface area contributed by atoms with Gasteiger partial charge in [-0.15, -0.1) is 0 Å². The molecule has 0 radical (unpaired) electrons. The van der Waals surface area contributed by atoms with Crippen molar-refractivity contribution < 1.29 is 15.3 Å². The lowest BCUT2D eigenvalue weighted by Crippen LogP contribution is -2.21. The first-order chi connectivity index (χ1) is 9.11. The zero-order chi connectivity index (χ0) is 13.8. The molecule has 0 aromatic heterocycles. The summed E-state index contributed by atoms with van der Waals surface area (Å²) in [5, 5.41) is 33.9. The second-order valence-corrected chi connectivity index (χ2v) is 4.22. The van der Waals surface area contributed by atoms with Crippen LogP contribution >= 0.6 is 0 Å². The molecule has 98 valence electrons. The Morgan fingerprint density at radius 3 is 2.53 bits per heavy atom. The first-order valence-corrected chi connectivity index (χ1v) is 5.71.